The van der Waals surface area contributed by atoms with Gasteiger partial charge >= 0.3 is 12.0 Å². The Hall–Kier alpha value is -4.03. The second-order valence-corrected chi connectivity index (χ2v) is 15.3. The summed E-state index contributed by atoms with van der Waals surface area (Å²) in [6.45, 7) is 16.5. The summed E-state index contributed by atoms with van der Waals surface area (Å²) in [6, 6.07) is 0.343. The third-order valence-electron chi connectivity index (χ3n) is 9.15. The Morgan fingerprint density at radius 2 is 1.55 bits per heavy atom. The van der Waals surface area contributed by atoms with Crippen molar-refractivity contribution in [3.05, 3.63) is 35.6 Å². The Bertz CT molecular complexity index is 1340. The number of carbonyl (C=O) groups is 6. The van der Waals surface area contributed by atoms with Crippen LogP contribution in [0.4, 0.5) is 9.18 Å². The number of esters is 1. The second-order valence-electron chi connectivity index (χ2n) is 15.3. The van der Waals surface area contributed by atoms with Gasteiger partial charge in [-0.25, -0.2) is 14.0 Å². The molecular formula is C36H56FN5O7. The summed E-state index contributed by atoms with van der Waals surface area (Å²) in [5.74, 6) is -4.48. The van der Waals surface area contributed by atoms with Gasteiger partial charge in [-0.05, 0) is 60.1 Å². The molecule has 0 saturated heterocycles. The first-order valence-electron chi connectivity index (χ1n) is 17.1. The van der Waals surface area contributed by atoms with E-state index in [-0.39, 0.29) is 36.8 Å². The highest BCUT2D eigenvalue weighted by molar-refractivity contribution is 6.37. The topological polar surface area (TPSA) is 177 Å². The molecule has 5 amide bonds. The lowest BCUT2D eigenvalue weighted by Gasteiger charge is -2.39. The van der Waals surface area contributed by atoms with E-state index < -0.39 is 70.9 Å². The number of ether oxygens (including phenoxy) is 1. The predicted molar refractivity (Wildman–Crippen MR) is 183 cm³/mol. The van der Waals surface area contributed by atoms with E-state index in [2.05, 4.69) is 16.0 Å². The van der Waals surface area contributed by atoms with E-state index in [0.29, 0.717) is 12.0 Å². The summed E-state index contributed by atoms with van der Waals surface area (Å²) in [6.07, 6.45) is 3.40. The van der Waals surface area contributed by atoms with Gasteiger partial charge in [0.25, 0.3) is 5.91 Å². The number of primary amides is 1. The standard InChI is InChI=1S/C36H56FN5O7/c1-10-36(8,9)17-18-42(22(4)31(45)39-26(19-23-11-12-23)28(43)30(38)44)32(46)29(35(5,6)7)41-34(48)40-27(21(2)3)33(47)49-20-24-13-15-25(37)16-14-24/h13-16,21-23,26-27,29H,10-12,17-20H2,1-9H3,(H2,38,44)(H,39,45)(H2,40,41,48)/t22-,26?,27-,29+/m0/s1. The van der Waals surface area contributed by atoms with Crippen LogP contribution in [0.3, 0.4) is 0 Å². The van der Waals surface area contributed by atoms with Crippen LogP contribution in [0.1, 0.15) is 100.0 Å². The first kappa shape index (κ1) is 41.1. The van der Waals surface area contributed by atoms with E-state index in [0.717, 1.165) is 19.3 Å². The normalized spacial score (nSPS) is 15.7. The van der Waals surface area contributed by atoms with Gasteiger partial charge in [0.05, 0.1) is 6.04 Å². The lowest BCUT2D eigenvalue weighted by Crippen LogP contribution is -2.62. The SMILES string of the molecule is CCC(C)(C)CCN(C(=O)[C@@H](NC(=O)N[C@H](C(=O)OCc1ccc(F)cc1)C(C)C)C(C)(C)C)[C@@H](C)C(=O)NC(CC1CC1)C(=O)C(N)=O. The van der Waals surface area contributed by atoms with Crippen molar-refractivity contribution >= 4 is 35.5 Å². The summed E-state index contributed by atoms with van der Waals surface area (Å²) in [7, 11) is 0. The Morgan fingerprint density at radius 1 is 0.959 bits per heavy atom. The number of nitrogens with zero attached hydrogens (tertiary/aromatic N) is 1. The fraction of sp³-hybridized carbons (Fsp3) is 0.667. The van der Waals surface area contributed by atoms with Crippen molar-refractivity contribution in [2.45, 2.75) is 125 Å². The molecule has 2 rings (SSSR count). The highest BCUT2D eigenvalue weighted by atomic mass is 19.1. The molecule has 49 heavy (non-hydrogen) atoms. The first-order valence-corrected chi connectivity index (χ1v) is 17.1. The van der Waals surface area contributed by atoms with Crippen LogP contribution in [0.25, 0.3) is 0 Å². The number of nitrogens with one attached hydrogen (secondary N) is 3. The molecule has 1 aliphatic carbocycles. The molecule has 4 atom stereocenters. The molecule has 0 aliphatic heterocycles. The summed E-state index contributed by atoms with van der Waals surface area (Å²) < 4.78 is 18.7. The molecule has 0 heterocycles. The molecule has 1 saturated carbocycles. The molecular weight excluding hydrogens is 633 g/mol. The van der Waals surface area contributed by atoms with Crippen LogP contribution in [0.5, 0.6) is 0 Å². The lowest BCUT2D eigenvalue weighted by molar-refractivity contribution is -0.148. The maximum atomic E-state index is 14.4. The van der Waals surface area contributed by atoms with Crippen molar-refractivity contribution in [3.63, 3.8) is 0 Å². The first-order chi connectivity index (χ1) is 22.7. The summed E-state index contributed by atoms with van der Waals surface area (Å²) in [5.41, 5.74) is 4.83. The zero-order chi connectivity index (χ0) is 37.3. The molecule has 274 valence electrons. The Kier molecular flexibility index (Phi) is 14.8. The maximum absolute atomic E-state index is 14.4. The van der Waals surface area contributed by atoms with Gasteiger partial charge in [0.2, 0.25) is 17.6 Å². The average molecular weight is 690 g/mol. The Morgan fingerprint density at radius 3 is 2.04 bits per heavy atom. The number of hydrogen-bond donors (Lipinski definition) is 4. The summed E-state index contributed by atoms with van der Waals surface area (Å²) in [5, 5.41) is 8.02. The van der Waals surface area contributed by atoms with Crippen LogP contribution in [0, 0.1) is 28.5 Å². The number of Topliss-reactive ketones (excluding diaryl/α,β-unsaturated/α-hetero) is 1. The van der Waals surface area contributed by atoms with E-state index in [9.17, 15) is 33.2 Å². The van der Waals surface area contributed by atoms with E-state index in [1.807, 2.05) is 20.8 Å². The van der Waals surface area contributed by atoms with Gasteiger partial charge in [-0.2, -0.15) is 0 Å². The fourth-order valence-electron chi connectivity index (χ4n) is 5.07. The van der Waals surface area contributed by atoms with Gasteiger partial charge in [0, 0.05) is 6.54 Å². The minimum Gasteiger partial charge on any atom is -0.459 e. The molecule has 12 nitrogen and oxygen atoms in total. The number of ketones is 1. The monoisotopic (exact) mass is 689 g/mol. The third kappa shape index (κ3) is 13.1. The van der Waals surface area contributed by atoms with Crippen molar-refractivity contribution in [2.24, 2.45) is 28.4 Å². The number of halogens is 1. The molecule has 0 radical (unpaired) electrons. The van der Waals surface area contributed by atoms with Gasteiger partial charge in [-0.1, -0.05) is 86.8 Å². The van der Waals surface area contributed by atoms with Crippen molar-refractivity contribution in [3.8, 4) is 0 Å². The van der Waals surface area contributed by atoms with Crippen molar-refractivity contribution in [2.75, 3.05) is 6.54 Å². The molecule has 0 bridgehead atoms. The predicted octanol–water partition coefficient (Wildman–Crippen LogP) is 3.99. The van der Waals surface area contributed by atoms with Crippen LogP contribution in [0.15, 0.2) is 24.3 Å². The van der Waals surface area contributed by atoms with Crippen LogP contribution >= 0.6 is 0 Å². The number of urea groups is 1. The Balaban J connectivity index is 2.29. The number of carbonyl (C=O) groups excluding carboxylic acids is 6. The maximum Gasteiger partial charge on any atom is 0.329 e. The summed E-state index contributed by atoms with van der Waals surface area (Å²) >= 11 is 0. The second kappa shape index (κ2) is 17.6. The molecule has 1 aliphatic rings. The van der Waals surface area contributed by atoms with Crippen LogP contribution in [-0.4, -0.2) is 71.1 Å². The van der Waals surface area contributed by atoms with Crippen LogP contribution in [-0.2, 0) is 35.3 Å². The zero-order valence-electron chi connectivity index (χ0n) is 30.5. The fourth-order valence-corrected chi connectivity index (χ4v) is 5.07. The third-order valence-corrected chi connectivity index (χ3v) is 9.15. The average Bonchev–Trinajstić information content (AvgIpc) is 3.84. The highest BCUT2D eigenvalue weighted by Crippen LogP contribution is 2.34. The smallest absolute Gasteiger partial charge is 0.329 e. The van der Waals surface area contributed by atoms with Crippen molar-refractivity contribution in [1.82, 2.24) is 20.9 Å². The van der Waals surface area contributed by atoms with Gasteiger partial charge in [-0.15, -0.1) is 0 Å². The quantitative estimate of drug-likeness (QED) is 0.133. The highest BCUT2D eigenvalue weighted by Gasteiger charge is 2.41. The van der Waals surface area contributed by atoms with Gasteiger partial charge in [0.1, 0.15) is 30.5 Å². The minimum atomic E-state index is -1.14. The molecule has 1 unspecified atom stereocenters. The molecule has 1 fully saturated rings. The molecule has 1 aromatic rings. The Labute approximate surface area is 289 Å². The largest absolute Gasteiger partial charge is 0.459 e. The molecule has 5 N–H and O–H groups in total. The van der Waals surface area contributed by atoms with Crippen molar-refractivity contribution in [1.29, 1.82) is 0 Å². The molecule has 0 aromatic heterocycles. The van der Waals surface area contributed by atoms with E-state index in [1.54, 1.807) is 41.5 Å². The molecule has 1 aromatic carbocycles. The lowest BCUT2D eigenvalue weighted by atomic mass is 9.84. The van der Waals surface area contributed by atoms with Gasteiger partial charge < -0.3 is 31.3 Å². The van der Waals surface area contributed by atoms with E-state index in [1.165, 1.54) is 29.2 Å². The molecule has 13 heteroatoms. The number of amides is 5. The molecule has 0 spiro atoms. The van der Waals surface area contributed by atoms with Gasteiger partial charge in [0.15, 0.2) is 0 Å². The number of nitrogens with two attached hydrogens (primary N) is 1. The van der Waals surface area contributed by atoms with E-state index in [4.69, 9.17) is 10.5 Å². The number of rotatable bonds is 18. The van der Waals surface area contributed by atoms with Crippen LogP contribution in [0.2, 0.25) is 0 Å². The van der Waals surface area contributed by atoms with Crippen LogP contribution < -0.4 is 21.7 Å². The van der Waals surface area contributed by atoms with Gasteiger partial charge in [-0.3, -0.25) is 19.2 Å². The summed E-state index contributed by atoms with van der Waals surface area (Å²) in [4.78, 5) is 80.1. The number of hydrogen-bond acceptors (Lipinski definition) is 7. The number of benzene rings is 1. The van der Waals surface area contributed by atoms with Crippen molar-refractivity contribution < 1.29 is 37.9 Å². The van der Waals surface area contributed by atoms with E-state index >= 15 is 0 Å². The zero-order valence-corrected chi connectivity index (χ0v) is 30.5. The minimum absolute atomic E-state index is 0.121.